The second kappa shape index (κ2) is 5.67. The fraction of sp³-hybridized carbons (Fsp3) is 0.400. The summed E-state index contributed by atoms with van der Waals surface area (Å²) in [4.78, 5) is 12.4. The SMILES string of the molecule is Cn1c(C(=O)NC2CCNCC2O)cc2ccc(Cl)cc21. The molecule has 1 amide bonds. The van der Waals surface area contributed by atoms with E-state index in [0.29, 0.717) is 17.3 Å². The molecular weight excluding hydrogens is 290 g/mol. The molecule has 0 spiro atoms. The normalized spacial score (nSPS) is 22.4. The van der Waals surface area contributed by atoms with Crippen molar-refractivity contribution in [1.29, 1.82) is 0 Å². The van der Waals surface area contributed by atoms with Crippen LogP contribution in [0.1, 0.15) is 16.9 Å². The first-order valence-corrected chi connectivity index (χ1v) is 7.38. The summed E-state index contributed by atoms with van der Waals surface area (Å²) in [6, 6.07) is 7.18. The van der Waals surface area contributed by atoms with Crippen molar-refractivity contribution in [2.45, 2.75) is 18.6 Å². The van der Waals surface area contributed by atoms with Crippen molar-refractivity contribution >= 4 is 28.4 Å². The maximum absolute atomic E-state index is 12.4. The highest BCUT2D eigenvalue weighted by atomic mass is 35.5. The van der Waals surface area contributed by atoms with Gasteiger partial charge in [-0.25, -0.2) is 0 Å². The van der Waals surface area contributed by atoms with Crippen molar-refractivity contribution in [3.63, 3.8) is 0 Å². The van der Waals surface area contributed by atoms with E-state index in [0.717, 1.165) is 23.9 Å². The first kappa shape index (κ1) is 14.4. The number of rotatable bonds is 2. The molecule has 1 aliphatic heterocycles. The minimum atomic E-state index is -0.549. The molecule has 1 aromatic carbocycles. The Kier molecular flexibility index (Phi) is 3.89. The van der Waals surface area contributed by atoms with Gasteiger partial charge in [-0.2, -0.15) is 0 Å². The number of β-amino-alcohol motifs (C(OH)–C–C–N with tert-alkyl or cyclic N) is 1. The van der Waals surface area contributed by atoms with E-state index in [-0.39, 0.29) is 11.9 Å². The zero-order chi connectivity index (χ0) is 15.0. The number of fused-ring (bicyclic) bond motifs is 1. The van der Waals surface area contributed by atoms with Crippen molar-refractivity contribution in [2.24, 2.45) is 7.05 Å². The Morgan fingerprint density at radius 3 is 3.05 bits per heavy atom. The third-order valence-corrected chi connectivity index (χ3v) is 4.24. The summed E-state index contributed by atoms with van der Waals surface area (Å²) in [7, 11) is 1.84. The van der Waals surface area contributed by atoms with Gasteiger partial charge in [0.15, 0.2) is 0 Å². The van der Waals surface area contributed by atoms with E-state index < -0.39 is 6.10 Å². The monoisotopic (exact) mass is 307 g/mol. The lowest BCUT2D eigenvalue weighted by atomic mass is 10.0. The Labute approximate surface area is 127 Å². The standard InChI is InChI=1S/C15H18ClN3O2/c1-19-12-7-10(16)3-2-9(12)6-13(19)15(21)18-11-4-5-17-8-14(11)20/h2-3,6-7,11,14,17,20H,4-5,8H2,1H3,(H,18,21). The maximum Gasteiger partial charge on any atom is 0.268 e. The number of hydrogen-bond donors (Lipinski definition) is 3. The fourth-order valence-corrected chi connectivity index (χ4v) is 2.94. The Bertz CT molecular complexity index is 683. The predicted octanol–water partition coefficient (Wildman–Crippen LogP) is 1.28. The molecule has 1 fully saturated rings. The molecule has 2 heterocycles. The summed E-state index contributed by atoms with van der Waals surface area (Å²) in [6.45, 7) is 1.31. The number of halogens is 1. The Morgan fingerprint density at radius 2 is 2.29 bits per heavy atom. The molecule has 1 aromatic heterocycles. The summed E-state index contributed by atoms with van der Waals surface area (Å²) in [5.41, 5.74) is 1.48. The van der Waals surface area contributed by atoms with Gasteiger partial charge >= 0.3 is 0 Å². The lowest BCUT2D eigenvalue weighted by Crippen LogP contribution is -2.52. The number of nitrogens with zero attached hydrogens (tertiary/aromatic N) is 1. The molecule has 1 aliphatic rings. The number of carbonyl (C=O) groups excluding carboxylic acids is 1. The lowest BCUT2D eigenvalue weighted by Gasteiger charge is -2.29. The van der Waals surface area contributed by atoms with Crippen LogP contribution in [0.4, 0.5) is 0 Å². The summed E-state index contributed by atoms with van der Waals surface area (Å²) in [6.07, 6.45) is 0.176. The molecule has 2 aromatic rings. The highest BCUT2D eigenvalue weighted by Crippen LogP contribution is 2.22. The number of aliphatic hydroxyl groups is 1. The number of amides is 1. The first-order chi connectivity index (χ1) is 10.1. The molecule has 0 bridgehead atoms. The topological polar surface area (TPSA) is 66.3 Å². The zero-order valence-corrected chi connectivity index (χ0v) is 12.5. The number of aromatic nitrogens is 1. The summed E-state index contributed by atoms with van der Waals surface area (Å²) < 4.78 is 1.82. The van der Waals surface area contributed by atoms with Crippen LogP contribution in [0, 0.1) is 0 Å². The molecule has 6 heteroatoms. The molecule has 21 heavy (non-hydrogen) atoms. The molecule has 1 saturated heterocycles. The molecule has 5 nitrogen and oxygen atoms in total. The Morgan fingerprint density at radius 1 is 1.48 bits per heavy atom. The van der Waals surface area contributed by atoms with Crippen LogP contribution in [0.25, 0.3) is 10.9 Å². The molecule has 2 atom stereocenters. The number of piperidine rings is 1. The average Bonchev–Trinajstić information content (AvgIpc) is 2.79. The van der Waals surface area contributed by atoms with Crippen molar-refractivity contribution in [1.82, 2.24) is 15.2 Å². The molecule has 112 valence electrons. The van der Waals surface area contributed by atoms with E-state index in [1.165, 1.54) is 0 Å². The second-order valence-electron chi connectivity index (χ2n) is 5.43. The highest BCUT2D eigenvalue weighted by molar-refractivity contribution is 6.31. The van der Waals surface area contributed by atoms with Crippen LogP contribution in [0.3, 0.4) is 0 Å². The van der Waals surface area contributed by atoms with Crippen molar-refractivity contribution < 1.29 is 9.90 Å². The minimum Gasteiger partial charge on any atom is -0.390 e. The fourth-order valence-electron chi connectivity index (χ4n) is 2.77. The van der Waals surface area contributed by atoms with Gasteiger partial charge in [0.05, 0.1) is 12.1 Å². The van der Waals surface area contributed by atoms with Gasteiger partial charge in [-0.15, -0.1) is 0 Å². The van der Waals surface area contributed by atoms with E-state index in [9.17, 15) is 9.90 Å². The quantitative estimate of drug-likeness (QED) is 0.783. The van der Waals surface area contributed by atoms with Crippen molar-refractivity contribution in [3.8, 4) is 0 Å². The van der Waals surface area contributed by atoms with Gasteiger partial charge in [-0.3, -0.25) is 4.79 Å². The van der Waals surface area contributed by atoms with Crippen LogP contribution < -0.4 is 10.6 Å². The number of hydrogen-bond acceptors (Lipinski definition) is 3. The van der Waals surface area contributed by atoms with Crippen LogP contribution in [0.5, 0.6) is 0 Å². The number of aryl methyl sites for hydroxylation is 1. The van der Waals surface area contributed by atoms with Crippen LogP contribution in [0.2, 0.25) is 5.02 Å². The van der Waals surface area contributed by atoms with Crippen molar-refractivity contribution in [3.05, 3.63) is 35.0 Å². The molecular formula is C15H18ClN3O2. The predicted molar refractivity (Wildman–Crippen MR) is 82.7 cm³/mol. The van der Waals surface area contributed by atoms with Crippen LogP contribution in [-0.4, -0.2) is 40.8 Å². The van der Waals surface area contributed by atoms with Crippen LogP contribution in [-0.2, 0) is 7.05 Å². The number of carbonyl (C=O) groups is 1. The van der Waals surface area contributed by atoms with Crippen molar-refractivity contribution in [2.75, 3.05) is 13.1 Å². The third-order valence-electron chi connectivity index (χ3n) is 4.01. The van der Waals surface area contributed by atoms with Crippen LogP contribution >= 0.6 is 11.6 Å². The molecule has 0 radical (unpaired) electrons. The van der Waals surface area contributed by atoms with Crippen LogP contribution in [0.15, 0.2) is 24.3 Å². The summed E-state index contributed by atoms with van der Waals surface area (Å²) in [5.74, 6) is -0.171. The van der Waals surface area contributed by atoms with Gasteiger partial charge in [-0.05, 0) is 31.2 Å². The minimum absolute atomic E-state index is 0.171. The molecule has 0 aliphatic carbocycles. The Hall–Kier alpha value is -1.56. The molecule has 0 saturated carbocycles. The Balaban J connectivity index is 1.86. The number of nitrogens with one attached hydrogen (secondary N) is 2. The van der Waals surface area contributed by atoms with Gasteiger partial charge in [0, 0.05) is 29.5 Å². The third kappa shape index (κ3) is 2.77. The summed E-state index contributed by atoms with van der Waals surface area (Å²) in [5, 5.41) is 17.5. The van der Waals surface area contributed by atoms with Gasteiger partial charge in [0.2, 0.25) is 0 Å². The van der Waals surface area contributed by atoms with E-state index in [4.69, 9.17) is 11.6 Å². The number of benzene rings is 1. The molecule has 2 unspecified atom stereocenters. The van der Waals surface area contributed by atoms with Gasteiger partial charge in [-0.1, -0.05) is 17.7 Å². The molecule has 3 N–H and O–H groups in total. The van der Waals surface area contributed by atoms with E-state index in [1.54, 1.807) is 0 Å². The average molecular weight is 308 g/mol. The second-order valence-corrected chi connectivity index (χ2v) is 5.87. The highest BCUT2D eigenvalue weighted by Gasteiger charge is 2.25. The maximum atomic E-state index is 12.4. The lowest BCUT2D eigenvalue weighted by molar-refractivity contribution is 0.0759. The zero-order valence-electron chi connectivity index (χ0n) is 11.8. The smallest absolute Gasteiger partial charge is 0.268 e. The summed E-state index contributed by atoms with van der Waals surface area (Å²) >= 11 is 6.00. The molecule has 3 rings (SSSR count). The number of aliphatic hydroxyl groups excluding tert-OH is 1. The first-order valence-electron chi connectivity index (χ1n) is 7.01. The van der Waals surface area contributed by atoms with Gasteiger partial charge < -0.3 is 20.3 Å². The van der Waals surface area contributed by atoms with E-state index in [2.05, 4.69) is 10.6 Å². The van der Waals surface area contributed by atoms with E-state index >= 15 is 0 Å². The van der Waals surface area contributed by atoms with Gasteiger partial charge in [0.1, 0.15) is 5.69 Å². The van der Waals surface area contributed by atoms with E-state index in [1.807, 2.05) is 35.9 Å². The largest absolute Gasteiger partial charge is 0.390 e. The van der Waals surface area contributed by atoms with Gasteiger partial charge in [0.25, 0.3) is 5.91 Å².